The van der Waals surface area contributed by atoms with E-state index in [2.05, 4.69) is 40.7 Å². The zero-order valence-electron chi connectivity index (χ0n) is 13.7. The molecule has 2 nitrogen and oxygen atoms in total. The van der Waals surface area contributed by atoms with Crippen molar-refractivity contribution in [2.45, 2.75) is 59.4 Å². The summed E-state index contributed by atoms with van der Waals surface area (Å²) in [6, 6.07) is 2.06. The van der Waals surface area contributed by atoms with Gasteiger partial charge in [-0.2, -0.15) is 0 Å². The summed E-state index contributed by atoms with van der Waals surface area (Å²) in [5, 5.41) is 0.733. The van der Waals surface area contributed by atoms with Gasteiger partial charge in [-0.15, -0.1) is 0 Å². The average molecular weight is 307 g/mol. The fourth-order valence-corrected chi connectivity index (χ4v) is 3.74. The first-order valence-electron chi connectivity index (χ1n) is 7.85. The predicted molar refractivity (Wildman–Crippen MR) is 89.1 cm³/mol. The van der Waals surface area contributed by atoms with Crippen LogP contribution in [0.1, 0.15) is 45.2 Å². The molecule has 0 saturated carbocycles. The molecule has 0 radical (unpaired) electrons. The normalized spacial score (nSPS) is 22.9. The van der Waals surface area contributed by atoms with Gasteiger partial charge in [0, 0.05) is 0 Å². The summed E-state index contributed by atoms with van der Waals surface area (Å²) in [6.45, 7) is 12.0. The Morgan fingerprint density at radius 1 is 1.24 bits per heavy atom. The van der Waals surface area contributed by atoms with E-state index < -0.39 is 0 Å². The lowest BCUT2D eigenvalue weighted by Gasteiger charge is -2.34. The van der Waals surface area contributed by atoms with E-state index >= 15 is 0 Å². The molecule has 21 heavy (non-hydrogen) atoms. The van der Waals surface area contributed by atoms with Crippen LogP contribution in [0.4, 0.5) is 0 Å². The summed E-state index contributed by atoms with van der Waals surface area (Å²) in [6.07, 6.45) is 3.14. The summed E-state index contributed by atoms with van der Waals surface area (Å²) in [7, 11) is 0. The molecule has 0 amide bonds. The Morgan fingerprint density at radius 2 is 1.95 bits per heavy atom. The lowest BCUT2D eigenvalue weighted by atomic mass is 9.53. The molecule has 0 aliphatic carbocycles. The molecule has 1 saturated heterocycles. The Labute approximate surface area is 133 Å². The zero-order chi connectivity index (χ0) is 15.4. The van der Waals surface area contributed by atoms with Crippen LogP contribution in [-0.2, 0) is 11.1 Å². The minimum Gasteiger partial charge on any atom is -0.492 e. The predicted octanol–water partition coefficient (Wildman–Crippen LogP) is 4.01. The van der Waals surface area contributed by atoms with E-state index in [1.165, 1.54) is 16.6 Å². The molecule has 2 aliphatic rings. The van der Waals surface area contributed by atoms with Crippen LogP contribution in [0.2, 0.25) is 11.3 Å². The third-order valence-electron chi connectivity index (χ3n) is 5.59. The van der Waals surface area contributed by atoms with Crippen LogP contribution in [0.3, 0.4) is 0 Å². The van der Waals surface area contributed by atoms with Crippen molar-refractivity contribution in [1.29, 1.82) is 0 Å². The minimum atomic E-state index is -0.122. The highest BCUT2D eigenvalue weighted by molar-refractivity contribution is 6.69. The number of rotatable bonds is 1. The first-order valence-corrected chi connectivity index (χ1v) is 8.23. The van der Waals surface area contributed by atoms with E-state index in [0.717, 1.165) is 36.5 Å². The van der Waals surface area contributed by atoms with Gasteiger partial charge in [-0.3, -0.25) is 0 Å². The maximum atomic E-state index is 6.46. The maximum Gasteiger partial charge on any atom is 0.328 e. The topological polar surface area (TPSA) is 18.5 Å². The molecule has 1 fully saturated rings. The van der Waals surface area contributed by atoms with Crippen molar-refractivity contribution in [3.8, 4) is 5.75 Å². The van der Waals surface area contributed by atoms with Gasteiger partial charge < -0.3 is 9.39 Å². The third kappa shape index (κ3) is 2.39. The molecule has 1 aromatic rings. The Balaban J connectivity index is 2.03. The van der Waals surface area contributed by atoms with Crippen molar-refractivity contribution >= 4 is 24.0 Å². The molecule has 0 N–H and O–H groups in total. The van der Waals surface area contributed by atoms with Crippen LogP contribution in [0.25, 0.3) is 0 Å². The molecule has 2 aliphatic heterocycles. The number of hydrogen-bond donors (Lipinski definition) is 0. The first kappa shape index (κ1) is 15.2. The second kappa shape index (κ2) is 4.92. The van der Waals surface area contributed by atoms with E-state index in [0.29, 0.717) is 0 Å². The SMILES string of the molecule is Cc1c(B2CC(C)(C)C(C)(C)O2)cc(Cl)c2c1CCCO2. The van der Waals surface area contributed by atoms with Crippen LogP contribution in [0.15, 0.2) is 6.07 Å². The van der Waals surface area contributed by atoms with Crippen molar-refractivity contribution in [3.05, 3.63) is 22.2 Å². The first-order chi connectivity index (χ1) is 9.73. The molecule has 4 heteroatoms. The monoisotopic (exact) mass is 306 g/mol. The van der Waals surface area contributed by atoms with Gasteiger partial charge in [0.1, 0.15) is 5.75 Å². The summed E-state index contributed by atoms with van der Waals surface area (Å²) < 4.78 is 12.1. The second-order valence-corrected chi connectivity index (χ2v) is 7.94. The van der Waals surface area contributed by atoms with Gasteiger partial charge in [0.05, 0.1) is 17.2 Å². The quantitative estimate of drug-likeness (QED) is 0.730. The molecule has 3 rings (SSSR count). The van der Waals surface area contributed by atoms with Gasteiger partial charge >= 0.3 is 6.92 Å². The molecular weight excluding hydrogens is 282 g/mol. The Morgan fingerprint density at radius 3 is 2.57 bits per heavy atom. The maximum absolute atomic E-state index is 6.46. The molecule has 0 atom stereocenters. The average Bonchev–Trinajstić information content (AvgIpc) is 2.63. The van der Waals surface area contributed by atoms with Crippen molar-refractivity contribution < 1.29 is 9.39 Å². The second-order valence-electron chi connectivity index (χ2n) is 7.54. The van der Waals surface area contributed by atoms with E-state index in [9.17, 15) is 0 Å². The van der Waals surface area contributed by atoms with Crippen molar-refractivity contribution in [2.24, 2.45) is 5.41 Å². The van der Waals surface area contributed by atoms with Gasteiger partial charge in [-0.1, -0.05) is 25.4 Å². The van der Waals surface area contributed by atoms with Gasteiger partial charge in [-0.05, 0) is 68.0 Å². The van der Waals surface area contributed by atoms with Gasteiger partial charge in [0.25, 0.3) is 0 Å². The van der Waals surface area contributed by atoms with E-state index in [-0.39, 0.29) is 17.9 Å². The smallest absolute Gasteiger partial charge is 0.328 e. The van der Waals surface area contributed by atoms with E-state index in [4.69, 9.17) is 21.0 Å². The standard InChI is InChI=1S/C17H24BClO2/c1-11-12-7-6-8-20-15(12)14(19)9-13(11)18-10-16(2,3)17(4,5)21-18/h9H,6-8,10H2,1-5H3. The van der Waals surface area contributed by atoms with Crippen LogP contribution in [-0.4, -0.2) is 19.1 Å². The number of hydrogen-bond acceptors (Lipinski definition) is 2. The molecule has 0 unspecified atom stereocenters. The van der Waals surface area contributed by atoms with Gasteiger partial charge in [0.15, 0.2) is 0 Å². The van der Waals surface area contributed by atoms with E-state index in [1.54, 1.807) is 0 Å². The highest BCUT2D eigenvalue weighted by Crippen LogP contribution is 2.46. The number of benzene rings is 1. The van der Waals surface area contributed by atoms with Crippen molar-refractivity contribution in [1.82, 2.24) is 0 Å². The number of ether oxygens (including phenoxy) is 1. The highest BCUT2D eigenvalue weighted by Gasteiger charge is 2.50. The van der Waals surface area contributed by atoms with Crippen molar-refractivity contribution in [2.75, 3.05) is 6.61 Å². The lowest BCUT2D eigenvalue weighted by molar-refractivity contribution is 0.0375. The summed E-state index contributed by atoms with van der Waals surface area (Å²) in [5.41, 5.74) is 3.84. The van der Waals surface area contributed by atoms with Crippen LogP contribution in [0, 0.1) is 12.3 Å². The minimum absolute atomic E-state index is 0.122. The molecule has 2 heterocycles. The van der Waals surface area contributed by atoms with E-state index in [1.807, 2.05) is 0 Å². The van der Waals surface area contributed by atoms with Crippen LogP contribution in [0.5, 0.6) is 5.75 Å². The van der Waals surface area contributed by atoms with Gasteiger partial charge in [-0.25, -0.2) is 0 Å². The van der Waals surface area contributed by atoms with Crippen LogP contribution >= 0.6 is 11.6 Å². The third-order valence-corrected chi connectivity index (χ3v) is 5.87. The Hall–Kier alpha value is -0.665. The molecule has 0 spiro atoms. The molecule has 114 valence electrons. The highest BCUT2D eigenvalue weighted by atomic mass is 35.5. The molecular formula is C17H24BClO2. The summed E-state index contributed by atoms with van der Waals surface area (Å²) in [4.78, 5) is 0. The molecule has 0 bridgehead atoms. The molecule has 1 aromatic carbocycles. The number of fused-ring (bicyclic) bond motifs is 1. The summed E-state index contributed by atoms with van der Waals surface area (Å²) >= 11 is 6.46. The summed E-state index contributed by atoms with van der Waals surface area (Å²) in [5.74, 6) is 0.890. The number of halogens is 1. The zero-order valence-corrected chi connectivity index (χ0v) is 14.4. The van der Waals surface area contributed by atoms with Crippen LogP contribution < -0.4 is 10.2 Å². The largest absolute Gasteiger partial charge is 0.492 e. The molecule has 0 aromatic heterocycles. The van der Waals surface area contributed by atoms with Crippen molar-refractivity contribution in [3.63, 3.8) is 0 Å². The van der Waals surface area contributed by atoms with Gasteiger partial charge in [0.2, 0.25) is 0 Å². The lowest BCUT2D eigenvalue weighted by Crippen LogP contribution is -2.37. The fourth-order valence-electron chi connectivity index (χ4n) is 3.45. The fraction of sp³-hybridized carbons (Fsp3) is 0.647. The Bertz CT molecular complexity index is 565. The Kier molecular flexibility index (Phi) is 3.57.